The minimum Gasteiger partial charge on any atom is -0.352 e. The van der Waals surface area contributed by atoms with Crippen molar-refractivity contribution in [2.45, 2.75) is 45.4 Å². The van der Waals surface area contributed by atoms with E-state index in [-0.39, 0.29) is 23.6 Å². The van der Waals surface area contributed by atoms with Crippen LogP contribution in [0.1, 0.15) is 55.8 Å². The van der Waals surface area contributed by atoms with E-state index in [4.69, 9.17) is 0 Å². The molecule has 1 fully saturated rings. The molecule has 6 heteroatoms. The molecule has 154 valence electrons. The Hall–Kier alpha value is -2.37. The predicted molar refractivity (Wildman–Crippen MR) is 110 cm³/mol. The lowest BCUT2D eigenvalue weighted by molar-refractivity contribution is -0.140. The van der Waals surface area contributed by atoms with Gasteiger partial charge in [0.15, 0.2) is 0 Å². The molecule has 1 saturated heterocycles. The van der Waals surface area contributed by atoms with Crippen molar-refractivity contribution in [3.05, 3.63) is 35.9 Å². The van der Waals surface area contributed by atoms with Gasteiger partial charge in [-0.15, -0.1) is 0 Å². The van der Waals surface area contributed by atoms with Crippen LogP contribution < -0.4 is 5.32 Å². The van der Waals surface area contributed by atoms with Crippen molar-refractivity contribution in [2.24, 2.45) is 5.92 Å². The maximum atomic E-state index is 12.5. The summed E-state index contributed by atoms with van der Waals surface area (Å²) in [5.41, 5.74) is 0.629. The van der Waals surface area contributed by atoms with E-state index in [0.717, 1.165) is 32.2 Å². The van der Waals surface area contributed by atoms with Crippen LogP contribution in [0.4, 0.5) is 0 Å². The van der Waals surface area contributed by atoms with Gasteiger partial charge in [0.05, 0.1) is 0 Å². The summed E-state index contributed by atoms with van der Waals surface area (Å²) in [6, 6.07) is 9.06. The molecule has 28 heavy (non-hydrogen) atoms. The Balaban J connectivity index is 1.64. The van der Waals surface area contributed by atoms with Crippen molar-refractivity contribution in [3.8, 4) is 0 Å². The number of amides is 3. The summed E-state index contributed by atoms with van der Waals surface area (Å²) < 4.78 is 0. The second-order valence-electron chi connectivity index (χ2n) is 7.49. The fourth-order valence-corrected chi connectivity index (χ4v) is 3.48. The molecule has 1 aliphatic heterocycles. The number of nitrogens with one attached hydrogen (secondary N) is 1. The number of carbonyl (C=O) groups is 3. The van der Waals surface area contributed by atoms with E-state index in [1.54, 1.807) is 12.1 Å². The molecule has 1 aliphatic rings. The van der Waals surface area contributed by atoms with Gasteiger partial charge in [-0.1, -0.05) is 31.5 Å². The summed E-state index contributed by atoms with van der Waals surface area (Å²) in [5, 5.41) is 2.85. The quantitative estimate of drug-likeness (QED) is 0.663. The molecule has 1 aromatic carbocycles. The third kappa shape index (κ3) is 6.66. The summed E-state index contributed by atoms with van der Waals surface area (Å²) in [7, 11) is 1.87. The van der Waals surface area contributed by atoms with E-state index in [1.807, 2.05) is 35.0 Å². The van der Waals surface area contributed by atoms with Crippen molar-refractivity contribution in [1.29, 1.82) is 0 Å². The third-order valence-corrected chi connectivity index (χ3v) is 5.31. The molecule has 1 aromatic rings. The van der Waals surface area contributed by atoms with Crippen LogP contribution in [0, 0.1) is 5.92 Å². The normalized spacial score (nSPS) is 14.6. The Morgan fingerprint density at radius 3 is 2.43 bits per heavy atom. The van der Waals surface area contributed by atoms with Crippen LogP contribution in [0.15, 0.2) is 30.3 Å². The zero-order valence-corrected chi connectivity index (χ0v) is 17.2. The highest BCUT2D eigenvalue weighted by Crippen LogP contribution is 2.20. The predicted octanol–water partition coefficient (Wildman–Crippen LogP) is 2.69. The number of hydrogen-bond donors (Lipinski definition) is 1. The number of carbonyl (C=O) groups excluding carboxylic acids is 3. The fraction of sp³-hybridized carbons (Fsp3) is 0.591. The standard InChI is InChI=1S/C22H33N3O3/c1-3-4-15-24(2)22(28)19-12-16-25(17-13-19)20(26)11-8-14-23-21(27)18-9-6-5-7-10-18/h5-7,9-10,19H,3-4,8,11-17H2,1-2H3,(H,23,27). The van der Waals surface area contributed by atoms with Gasteiger partial charge in [-0.25, -0.2) is 0 Å². The van der Waals surface area contributed by atoms with Gasteiger partial charge in [-0.2, -0.15) is 0 Å². The van der Waals surface area contributed by atoms with Crippen molar-refractivity contribution >= 4 is 17.7 Å². The van der Waals surface area contributed by atoms with Gasteiger partial charge < -0.3 is 15.1 Å². The van der Waals surface area contributed by atoms with Gasteiger partial charge in [0.2, 0.25) is 11.8 Å². The number of hydrogen-bond acceptors (Lipinski definition) is 3. The molecule has 1 N–H and O–H groups in total. The van der Waals surface area contributed by atoms with Crippen LogP contribution in [0.25, 0.3) is 0 Å². The van der Waals surface area contributed by atoms with Crippen LogP contribution >= 0.6 is 0 Å². The zero-order chi connectivity index (χ0) is 20.4. The molecular formula is C22H33N3O3. The highest BCUT2D eigenvalue weighted by molar-refractivity contribution is 5.94. The molecule has 0 unspecified atom stereocenters. The van der Waals surface area contributed by atoms with Crippen LogP contribution in [0.3, 0.4) is 0 Å². The van der Waals surface area contributed by atoms with Crippen LogP contribution in [0.2, 0.25) is 0 Å². The molecule has 3 amide bonds. The van der Waals surface area contributed by atoms with Gasteiger partial charge in [0.1, 0.15) is 0 Å². The molecule has 0 atom stereocenters. The minimum atomic E-state index is -0.112. The minimum absolute atomic E-state index is 0.0380. The average Bonchev–Trinajstić information content (AvgIpc) is 2.74. The third-order valence-electron chi connectivity index (χ3n) is 5.31. The first-order chi connectivity index (χ1) is 13.5. The zero-order valence-electron chi connectivity index (χ0n) is 17.2. The fourth-order valence-electron chi connectivity index (χ4n) is 3.48. The van der Waals surface area contributed by atoms with E-state index in [0.29, 0.717) is 38.0 Å². The molecule has 0 spiro atoms. The molecule has 2 rings (SSSR count). The first-order valence-electron chi connectivity index (χ1n) is 10.4. The lowest BCUT2D eigenvalue weighted by atomic mass is 9.95. The number of rotatable bonds is 9. The van der Waals surface area contributed by atoms with Gasteiger partial charge in [-0.3, -0.25) is 14.4 Å². The first-order valence-corrected chi connectivity index (χ1v) is 10.4. The average molecular weight is 388 g/mol. The Labute approximate surface area is 168 Å². The molecule has 0 radical (unpaired) electrons. The van der Waals surface area contributed by atoms with E-state index in [1.165, 1.54) is 0 Å². The van der Waals surface area contributed by atoms with Crippen molar-refractivity contribution in [3.63, 3.8) is 0 Å². The molecule has 6 nitrogen and oxygen atoms in total. The van der Waals surface area contributed by atoms with E-state index in [9.17, 15) is 14.4 Å². The summed E-state index contributed by atoms with van der Waals surface area (Å²) in [6.45, 7) is 4.70. The van der Waals surface area contributed by atoms with Gasteiger partial charge in [0.25, 0.3) is 5.91 Å². The van der Waals surface area contributed by atoms with Crippen LogP contribution in [0.5, 0.6) is 0 Å². The summed E-state index contributed by atoms with van der Waals surface area (Å²) in [5.74, 6) is 0.249. The number of unbranched alkanes of at least 4 members (excludes halogenated alkanes) is 1. The lowest BCUT2D eigenvalue weighted by Gasteiger charge is -2.33. The molecule has 0 saturated carbocycles. The van der Waals surface area contributed by atoms with Crippen molar-refractivity contribution in [1.82, 2.24) is 15.1 Å². The maximum absolute atomic E-state index is 12.5. The van der Waals surface area contributed by atoms with E-state index >= 15 is 0 Å². The monoisotopic (exact) mass is 387 g/mol. The second-order valence-corrected chi connectivity index (χ2v) is 7.49. The number of nitrogens with zero attached hydrogens (tertiary/aromatic N) is 2. The number of benzene rings is 1. The Morgan fingerprint density at radius 2 is 1.79 bits per heavy atom. The van der Waals surface area contributed by atoms with Crippen LogP contribution in [-0.2, 0) is 9.59 Å². The first kappa shape index (κ1) is 21.9. The van der Waals surface area contributed by atoms with Crippen molar-refractivity contribution < 1.29 is 14.4 Å². The van der Waals surface area contributed by atoms with E-state index in [2.05, 4.69) is 12.2 Å². The summed E-state index contributed by atoms with van der Waals surface area (Å²) >= 11 is 0. The molecule has 0 aliphatic carbocycles. The molecular weight excluding hydrogens is 354 g/mol. The molecule has 1 heterocycles. The topological polar surface area (TPSA) is 69.7 Å². The number of piperidine rings is 1. The lowest BCUT2D eigenvalue weighted by Crippen LogP contribution is -2.43. The van der Waals surface area contributed by atoms with Gasteiger partial charge in [-0.05, 0) is 37.8 Å². The highest BCUT2D eigenvalue weighted by Gasteiger charge is 2.28. The molecule has 0 aromatic heterocycles. The van der Waals surface area contributed by atoms with E-state index < -0.39 is 0 Å². The Morgan fingerprint density at radius 1 is 1.11 bits per heavy atom. The van der Waals surface area contributed by atoms with Gasteiger partial charge in [0, 0.05) is 51.1 Å². The van der Waals surface area contributed by atoms with Crippen LogP contribution in [-0.4, -0.2) is 60.7 Å². The SMILES string of the molecule is CCCCN(C)C(=O)C1CCN(C(=O)CCCNC(=O)c2ccccc2)CC1. The van der Waals surface area contributed by atoms with Crippen molar-refractivity contribution in [2.75, 3.05) is 33.2 Å². The second kappa shape index (κ2) is 11.5. The largest absolute Gasteiger partial charge is 0.352 e. The smallest absolute Gasteiger partial charge is 0.251 e. The Kier molecular flexibility index (Phi) is 8.98. The highest BCUT2D eigenvalue weighted by atomic mass is 16.2. The van der Waals surface area contributed by atoms with Gasteiger partial charge >= 0.3 is 0 Å². The summed E-state index contributed by atoms with van der Waals surface area (Å²) in [6.07, 6.45) is 4.63. The maximum Gasteiger partial charge on any atom is 0.251 e. The summed E-state index contributed by atoms with van der Waals surface area (Å²) in [4.78, 5) is 40.5. The molecule has 0 bridgehead atoms. The number of likely N-dealkylation sites (tertiary alicyclic amines) is 1. The Bertz CT molecular complexity index is 640.